The summed E-state index contributed by atoms with van der Waals surface area (Å²) in [6.45, 7) is 9.53. The van der Waals surface area contributed by atoms with Gasteiger partial charge in [0.15, 0.2) is 0 Å². The van der Waals surface area contributed by atoms with Crippen LogP contribution in [0.2, 0.25) is 0 Å². The van der Waals surface area contributed by atoms with Gasteiger partial charge in [-0.3, -0.25) is 4.68 Å². The lowest BCUT2D eigenvalue weighted by Crippen LogP contribution is -2.60. The summed E-state index contributed by atoms with van der Waals surface area (Å²) < 4.78 is 7.56. The number of rotatable bonds is 1. The third-order valence-corrected chi connectivity index (χ3v) is 4.82. The second-order valence-electron chi connectivity index (χ2n) is 8.07. The van der Waals surface area contributed by atoms with E-state index in [0.717, 1.165) is 25.9 Å². The molecule has 1 spiro atoms. The fourth-order valence-corrected chi connectivity index (χ4v) is 3.65. The quantitative estimate of drug-likeness (QED) is 0.797. The van der Waals surface area contributed by atoms with Gasteiger partial charge in [-0.2, -0.15) is 5.10 Å². The van der Waals surface area contributed by atoms with Gasteiger partial charge in [0.1, 0.15) is 5.60 Å². The molecule has 0 atom stereocenters. The molecule has 0 bridgehead atoms. The van der Waals surface area contributed by atoms with Crippen molar-refractivity contribution >= 4 is 6.09 Å². The van der Waals surface area contributed by atoms with Gasteiger partial charge >= 0.3 is 6.09 Å². The van der Waals surface area contributed by atoms with Gasteiger partial charge in [0.05, 0.1) is 12.2 Å². The number of carbonyl (C=O) groups is 1. The zero-order valence-corrected chi connectivity index (χ0v) is 14.1. The molecule has 22 heavy (non-hydrogen) atoms. The first-order chi connectivity index (χ1) is 10.3. The summed E-state index contributed by atoms with van der Waals surface area (Å²) in [7, 11) is 0. The van der Waals surface area contributed by atoms with E-state index in [1.807, 2.05) is 31.9 Å². The standard InChI is InChI=1S/C17H27N3O2/c1-13-9-18-20(10-13)14-5-7-17(8-6-14)11-19(12-17)15(21)22-16(2,3)4/h9-10,14H,5-8,11-12H2,1-4H3. The van der Waals surface area contributed by atoms with Crippen LogP contribution in [0.15, 0.2) is 12.4 Å². The van der Waals surface area contributed by atoms with Gasteiger partial charge in [-0.05, 0) is 58.9 Å². The van der Waals surface area contributed by atoms with E-state index in [1.165, 1.54) is 18.4 Å². The fraction of sp³-hybridized carbons (Fsp3) is 0.765. The number of likely N-dealkylation sites (tertiary alicyclic amines) is 1. The molecule has 1 amide bonds. The first-order valence-corrected chi connectivity index (χ1v) is 8.25. The van der Waals surface area contributed by atoms with Crippen LogP contribution in [0.3, 0.4) is 0 Å². The molecule has 0 radical (unpaired) electrons. The van der Waals surface area contributed by atoms with Gasteiger partial charge in [0.25, 0.3) is 0 Å². The van der Waals surface area contributed by atoms with Crippen LogP contribution >= 0.6 is 0 Å². The number of hydrogen-bond acceptors (Lipinski definition) is 3. The Kier molecular flexibility index (Phi) is 3.69. The molecule has 3 rings (SSSR count). The smallest absolute Gasteiger partial charge is 0.410 e. The minimum Gasteiger partial charge on any atom is -0.444 e. The molecule has 2 fully saturated rings. The topological polar surface area (TPSA) is 47.4 Å². The van der Waals surface area contributed by atoms with Crippen LogP contribution in [0, 0.1) is 12.3 Å². The summed E-state index contributed by atoms with van der Waals surface area (Å²) in [6, 6.07) is 0.523. The number of aromatic nitrogens is 2. The van der Waals surface area contributed by atoms with Gasteiger partial charge in [-0.15, -0.1) is 0 Å². The van der Waals surface area contributed by atoms with Crippen molar-refractivity contribution in [3.05, 3.63) is 18.0 Å². The summed E-state index contributed by atoms with van der Waals surface area (Å²) in [5.41, 5.74) is 1.14. The largest absolute Gasteiger partial charge is 0.444 e. The van der Waals surface area contributed by atoms with Crippen molar-refractivity contribution in [3.8, 4) is 0 Å². The Balaban J connectivity index is 1.50. The van der Waals surface area contributed by atoms with Crippen LogP contribution in [-0.4, -0.2) is 39.5 Å². The Hall–Kier alpha value is -1.52. The molecule has 0 aromatic carbocycles. The van der Waals surface area contributed by atoms with Gasteiger partial charge < -0.3 is 9.64 Å². The highest BCUT2D eigenvalue weighted by molar-refractivity contribution is 5.69. The molecule has 5 nitrogen and oxygen atoms in total. The van der Waals surface area contributed by atoms with Crippen LogP contribution in [0.25, 0.3) is 0 Å². The normalized spacial score (nSPS) is 21.7. The lowest BCUT2D eigenvalue weighted by atomic mass is 9.67. The summed E-state index contributed by atoms with van der Waals surface area (Å²) in [5.74, 6) is 0. The molecular formula is C17H27N3O2. The zero-order valence-electron chi connectivity index (χ0n) is 14.1. The first-order valence-electron chi connectivity index (χ1n) is 8.25. The van der Waals surface area contributed by atoms with Gasteiger partial charge in [-0.25, -0.2) is 4.79 Å². The number of hydrogen-bond donors (Lipinski definition) is 0. The zero-order chi connectivity index (χ0) is 16.0. The Morgan fingerprint density at radius 3 is 2.45 bits per heavy atom. The Bertz CT molecular complexity index is 542. The molecule has 1 aromatic rings. The number of ether oxygens (including phenoxy) is 1. The molecule has 1 saturated heterocycles. The van der Waals surface area contributed by atoms with E-state index in [1.54, 1.807) is 0 Å². The maximum atomic E-state index is 12.0. The van der Waals surface area contributed by atoms with E-state index in [-0.39, 0.29) is 6.09 Å². The number of nitrogens with zero attached hydrogens (tertiary/aromatic N) is 3. The van der Waals surface area contributed by atoms with Crippen LogP contribution in [-0.2, 0) is 4.74 Å². The van der Waals surface area contributed by atoms with Crippen LogP contribution in [0.5, 0.6) is 0 Å². The summed E-state index contributed by atoms with van der Waals surface area (Å²) in [4.78, 5) is 13.9. The molecule has 1 aliphatic heterocycles. The van der Waals surface area contributed by atoms with Crippen LogP contribution in [0.1, 0.15) is 58.1 Å². The highest BCUT2D eigenvalue weighted by Gasteiger charge is 2.48. The van der Waals surface area contributed by atoms with Gasteiger partial charge in [0.2, 0.25) is 0 Å². The molecule has 1 aliphatic carbocycles. The maximum Gasteiger partial charge on any atom is 0.410 e. The van der Waals surface area contributed by atoms with Crippen molar-refractivity contribution in [2.45, 2.75) is 65.0 Å². The summed E-state index contributed by atoms with van der Waals surface area (Å²) in [5, 5.41) is 4.45. The second-order valence-corrected chi connectivity index (χ2v) is 8.07. The van der Waals surface area contributed by atoms with Crippen LogP contribution < -0.4 is 0 Å². The highest BCUT2D eigenvalue weighted by Crippen LogP contribution is 2.47. The predicted octanol–water partition coefficient (Wildman–Crippen LogP) is 3.54. The fourth-order valence-electron chi connectivity index (χ4n) is 3.65. The van der Waals surface area contributed by atoms with Crippen molar-refractivity contribution in [2.75, 3.05) is 13.1 Å². The minimum absolute atomic E-state index is 0.164. The maximum absolute atomic E-state index is 12.0. The molecule has 2 heterocycles. The van der Waals surface area contributed by atoms with E-state index in [4.69, 9.17) is 4.74 Å². The minimum atomic E-state index is -0.407. The van der Waals surface area contributed by atoms with Gasteiger partial charge in [0, 0.05) is 24.7 Å². The number of amides is 1. The highest BCUT2D eigenvalue weighted by atomic mass is 16.6. The molecular weight excluding hydrogens is 278 g/mol. The van der Waals surface area contributed by atoms with Crippen molar-refractivity contribution in [1.29, 1.82) is 0 Å². The van der Waals surface area contributed by atoms with Crippen LogP contribution in [0.4, 0.5) is 4.79 Å². The Morgan fingerprint density at radius 1 is 1.32 bits per heavy atom. The second kappa shape index (κ2) is 5.28. The monoisotopic (exact) mass is 305 g/mol. The third kappa shape index (κ3) is 3.13. The van der Waals surface area contributed by atoms with Crippen molar-refractivity contribution < 1.29 is 9.53 Å². The molecule has 2 aliphatic rings. The molecule has 1 saturated carbocycles. The third-order valence-electron chi connectivity index (χ3n) is 4.82. The van der Waals surface area contributed by atoms with E-state index < -0.39 is 5.60 Å². The lowest BCUT2D eigenvalue weighted by Gasteiger charge is -2.53. The molecule has 0 N–H and O–H groups in total. The SMILES string of the molecule is Cc1cnn(C2CCC3(CC2)CN(C(=O)OC(C)(C)C)C3)c1. The van der Waals surface area contributed by atoms with Crippen molar-refractivity contribution in [3.63, 3.8) is 0 Å². The average Bonchev–Trinajstić information content (AvgIpc) is 2.80. The van der Waals surface area contributed by atoms with E-state index in [9.17, 15) is 4.79 Å². The molecule has 5 heteroatoms. The van der Waals surface area contributed by atoms with E-state index >= 15 is 0 Å². The average molecular weight is 305 g/mol. The lowest BCUT2D eigenvalue weighted by molar-refractivity contribution is -0.0538. The molecule has 0 unspecified atom stereocenters. The molecule has 122 valence electrons. The number of carbonyl (C=O) groups excluding carboxylic acids is 1. The number of aryl methyl sites for hydroxylation is 1. The Labute approximate surface area is 132 Å². The van der Waals surface area contributed by atoms with Gasteiger partial charge in [-0.1, -0.05) is 0 Å². The summed E-state index contributed by atoms with van der Waals surface area (Å²) in [6.07, 6.45) is 8.56. The van der Waals surface area contributed by atoms with E-state index in [2.05, 4.69) is 22.9 Å². The summed E-state index contributed by atoms with van der Waals surface area (Å²) >= 11 is 0. The van der Waals surface area contributed by atoms with E-state index in [0.29, 0.717) is 11.5 Å². The predicted molar refractivity (Wildman–Crippen MR) is 84.7 cm³/mol. The Morgan fingerprint density at radius 2 is 1.95 bits per heavy atom. The first kappa shape index (κ1) is 15.4. The molecule has 1 aromatic heterocycles. The van der Waals surface area contributed by atoms with Crippen molar-refractivity contribution in [1.82, 2.24) is 14.7 Å². The van der Waals surface area contributed by atoms with Crippen molar-refractivity contribution in [2.24, 2.45) is 5.41 Å².